The molecule has 0 rings (SSSR count). The van der Waals surface area contributed by atoms with E-state index < -0.39 is 19.8 Å². The van der Waals surface area contributed by atoms with Crippen LogP contribution >= 0.6 is 7.60 Å². The summed E-state index contributed by atoms with van der Waals surface area (Å²) in [4.78, 5) is 29.0. The van der Waals surface area contributed by atoms with Gasteiger partial charge in [-0.15, -0.1) is 0 Å². The van der Waals surface area contributed by atoms with E-state index >= 15 is 0 Å². The molecule has 0 aliphatic carbocycles. The van der Waals surface area contributed by atoms with Crippen molar-refractivity contribution >= 4 is 13.5 Å². The van der Waals surface area contributed by atoms with Gasteiger partial charge in [-0.05, 0) is 7.05 Å². The first kappa shape index (κ1) is 12.5. The Morgan fingerprint density at radius 1 is 1.38 bits per heavy atom. The molecule has 0 aliphatic heterocycles. The number of hydrogen-bond donors (Lipinski definition) is 3. The lowest BCUT2D eigenvalue weighted by atomic mass is 10.5. The minimum atomic E-state index is -4.13. The van der Waals surface area contributed by atoms with E-state index in [4.69, 9.17) is 15.0 Å². The summed E-state index contributed by atoms with van der Waals surface area (Å²) in [5.41, 5.74) is 0. The maximum Gasteiger partial charge on any atom is 0.339 e. The van der Waals surface area contributed by atoms with Crippen LogP contribution in [-0.4, -0.2) is 57.8 Å². The molecule has 0 aromatic heterocycles. The summed E-state index contributed by atoms with van der Waals surface area (Å²) in [6.45, 7) is -0.238. The Hall–Kier alpha value is -0.460. The normalized spacial score (nSPS) is 11.8. The van der Waals surface area contributed by atoms with Gasteiger partial charge in [-0.2, -0.15) is 0 Å². The highest BCUT2D eigenvalue weighted by Gasteiger charge is 2.18. The quantitative estimate of drug-likeness (QED) is 0.310. The Labute approximate surface area is 75.7 Å². The SMILES string of the molecule is CN(CC(=O)N(C)O)CP(=O)(O)O. The molecular formula is C5H13N2O5P. The smallest absolute Gasteiger partial charge is 0.324 e. The van der Waals surface area contributed by atoms with Gasteiger partial charge in [0.1, 0.15) is 6.29 Å². The van der Waals surface area contributed by atoms with E-state index in [0.29, 0.717) is 5.06 Å². The molecule has 13 heavy (non-hydrogen) atoms. The first-order valence-corrected chi connectivity index (χ1v) is 5.20. The Balaban J connectivity index is 3.95. The molecule has 3 N–H and O–H groups in total. The van der Waals surface area contributed by atoms with Crippen molar-refractivity contribution in [3.05, 3.63) is 0 Å². The van der Waals surface area contributed by atoms with Crippen LogP contribution in [0.15, 0.2) is 0 Å². The van der Waals surface area contributed by atoms with E-state index in [1.807, 2.05) is 0 Å². The van der Waals surface area contributed by atoms with E-state index in [0.717, 1.165) is 11.9 Å². The molecule has 0 unspecified atom stereocenters. The predicted octanol–water partition coefficient (Wildman–Crippen LogP) is -1.10. The molecule has 0 spiro atoms. The van der Waals surface area contributed by atoms with Crippen LogP contribution in [-0.2, 0) is 9.36 Å². The molecule has 78 valence electrons. The average molecular weight is 212 g/mol. The van der Waals surface area contributed by atoms with Crippen molar-refractivity contribution in [2.45, 2.75) is 0 Å². The van der Waals surface area contributed by atoms with E-state index in [1.165, 1.54) is 7.05 Å². The number of carbonyl (C=O) groups excluding carboxylic acids is 1. The molecule has 0 aromatic carbocycles. The minimum Gasteiger partial charge on any atom is -0.324 e. The third-order valence-electron chi connectivity index (χ3n) is 1.19. The van der Waals surface area contributed by atoms with Crippen molar-refractivity contribution in [1.82, 2.24) is 9.96 Å². The van der Waals surface area contributed by atoms with E-state index in [1.54, 1.807) is 0 Å². The third kappa shape index (κ3) is 6.68. The van der Waals surface area contributed by atoms with Crippen LogP contribution in [0.5, 0.6) is 0 Å². The van der Waals surface area contributed by atoms with Gasteiger partial charge in [0.25, 0.3) is 5.91 Å². The predicted molar refractivity (Wildman–Crippen MR) is 44.1 cm³/mol. The monoisotopic (exact) mass is 212 g/mol. The molecular weight excluding hydrogens is 199 g/mol. The molecule has 0 aromatic rings. The lowest BCUT2D eigenvalue weighted by molar-refractivity contribution is -0.159. The second kappa shape index (κ2) is 4.69. The summed E-state index contributed by atoms with van der Waals surface area (Å²) < 4.78 is 10.5. The number of rotatable bonds is 4. The zero-order chi connectivity index (χ0) is 10.6. The highest BCUT2D eigenvalue weighted by atomic mass is 31.2. The first-order valence-electron chi connectivity index (χ1n) is 3.41. The van der Waals surface area contributed by atoms with Crippen molar-refractivity contribution in [3.63, 3.8) is 0 Å². The maximum atomic E-state index is 10.8. The van der Waals surface area contributed by atoms with E-state index in [-0.39, 0.29) is 6.54 Å². The van der Waals surface area contributed by atoms with Crippen LogP contribution in [0, 0.1) is 0 Å². The summed E-state index contributed by atoms with van der Waals surface area (Å²) in [6, 6.07) is 0. The molecule has 8 heteroatoms. The minimum absolute atomic E-state index is 0.238. The molecule has 0 bridgehead atoms. The fraction of sp³-hybridized carbons (Fsp3) is 0.800. The van der Waals surface area contributed by atoms with Crippen LogP contribution in [0.1, 0.15) is 0 Å². The molecule has 0 aliphatic rings. The molecule has 0 saturated carbocycles. The zero-order valence-electron chi connectivity index (χ0n) is 7.41. The van der Waals surface area contributed by atoms with Crippen LogP contribution in [0.3, 0.4) is 0 Å². The van der Waals surface area contributed by atoms with Crippen molar-refractivity contribution in [3.8, 4) is 0 Å². The summed E-state index contributed by atoms with van der Waals surface area (Å²) in [6.07, 6.45) is -0.507. The van der Waals surface area contributed by atoms with Gasteiger partial charge in [0, 0.05) is 7.05 Å². The molecule has 1 amide bonds. The summed E-state index contributed by atoms with van der Waals surface area (Å²) in [7, 11) is -1.61. The van der Waals surface area contributed by atoms with Crippen molar-refractivity contribution in [2.75, 3.05) is 26.9 Å². The maximum absolute atomic E-state index is 10.8. The van der Waals surface area contributed by atoms with Crippen LogP contribution < -0.4 is 0 Å². The van der Waals surface area contributed by atoms with Gasteiger partial charge in [-0.3, -0.25) is 19.5 Å². The largest absolute Gasteiger partial charge is 0.339 e. The highest BCUT2D eigenvalue weighted by Crippen LogP contribution is 2.34. The van der Waals surface area contributed by atoms with E-state index in [2.05, 4.69) is 0 Å². The number of hydroxylamine groups is 2. The summed E-state index contributed by atoms with van der Waals surface area (Å²) >= 11 is 0. The average Bonchev–Trinajstić information content (AvgIpc) is 1.81. The topological polar surface area (TPSA) is 101 Å². The molecule has 0 saturated heterocycles. The lowest BCUT2D eigenvalue weighted by Gasteiger charge is -2.17. The molecule has 7 nitrogen and oxygen atoms in total. The Morgan fingerprint density at radius 2 is 1.85 bits per heavy atom. The molecule has 0 heterocycles. The van der Waals surface area contributed by atoms with Gasteiger partial charge in [0.2, 0.25) is 0 Å². The number of likely N-dealkylation sites (N-methyl/N-ethyl adjacent to an activating group) is 2. The summed E-state index contributed by atoms with van der Waals surface area (Å²) in [5.74, 6) is -0.629. The van der Waals surface area contributed by atoms with Gasteiger partial charge in [0.15, 0.2) is 0 Å². The van der Waals surface area contributed by atoms with Gasteiger partial charge < -0.3 is 9.79 Å². The lowest BCUT2D eigenvalue weighted by Crippen LogP contribution is -2.35. The third-order valence-corrected chi connectivity index (χ3v) is 2.04. The molecule has 0 atom stereocenters. The Kier molecular flexibility index (Phi) is 4.52. The van der Waals surface area contributed by atoms with Gasteiger partial charge >= 0.3 is 7.60 Å². The van der Waals surface area contributed by atoms with Crippen molar-refractivity contribution < 1.29 is 24.4 Å². The second-order valence-corrected chi connectivity index (χ2v) is 4.35. The van der Waals surface area contributed by atoms with Crippen LogP contribution in [0.4, 0.5) is 0 Å². The molecule has 0 fully saturated rings. The standard InChI is InChI=1S/C5H13N2O5P/c1-6(4-13(10,11)12)3-5(8)7(2)9/h9H,3-4H2,1-2H3,(H2,10,11,12). The fourth-order valence-electron chi connectivity index (χ4n) is 0.698. The number of hydrogen-bond acceptors (Lipinski definition) is 4. The Morgan fingerprint density at radius 3 is 2.15 bits per heavy atom. The number of amides is 1. The fourth-order valence-corrected chi connectivity index (χ4v) is 1.43. The Bertz CT molecular complexity index is 225. The second-order valence-electron chi connectivity index (χ2n) is 2.74. The molecule has 0 radical (unpaired) electrons. The number of nitrogens with zero attached hydrogens (tertiary/aromatic N) is 2. The van der Waals surface area contributed by atoms with Crippen LogP contribution in [0.2, 0.25) is 0 Å². The zero-order valence-corrected chi connectivity index (χ0v) is 8.31. The number of carbonyl (C=O) groups is 1. The van der Waals surface area contributed by atoms with E-state index in [9.17, 15) is 9.36 Å². The van der Waals surface area contributed by atoms with Crippen molar-refractivity contribution in [1.29, 1.82) is 0 Å². The van der Waals surface area contributed by atoms with Crippen molar-refractivity contribution in [2.24, 2.45) is 0 Å². The van der Waals surface area contributed by atoms with Crippen LogP contribution in [0.25, 0.3) is 0 Å². The summed E-state index contributed by atoms with van der Waals surface area (Å²) in [5, 5.41) is 9.00. The highest BCUT2D eigenvalue weighted by molar-refractivity contribution is 7.51. The van der Waals surface area contributed by atoms with Gasteiger partial charge in [0.05, 0.1) is 6.54 Å². The van der Waals surface area contributed by atoms with Gasteiger partial charge in [-0.25, -0.2) is 5.06 Å². The first-order chi connectivity index (χ1) is 5.72. The van der Waals surface area contributed by atoms with Gasteiger partial charge in [-0.1, -0.05) is 0 Å².